The summed E-state index contributed by atoms with van der Waals surface area (Å²) in [4.78, 5) is 0. The Kier molecular flexibility index (Phi) is 3.65. The Morgan fingerprint density at radius 3 is 2.38 bits per heavy atom. The molecule has 0 spiro atoms. The van der Waals surface area contributed by atoms with Crippen molar-refractivity contribution in [3.63, 3.8) is 0 Å². The van der Waals surface area contributed by atoms with Crippen LogP contribution in [0.1, 0.15) is 0 Å². The van der Waals surface area contributed by atoms with Crippen LogP contribution < -0.4 is 0 Å². The minimum absolute atomic E-state index is 0.107. The van der Waals surface area contributed by atoms with Gasteiger partial charge in [0.2, 0.25) is 0 Å². The first-order chi connectivity index (χ1) is 3.56. The van der Waals surface area contributed by atoms with Gasteiger partial charge in [-0.05, 0) is 22.5 Å². The van der Waals surface area contributed by atoms with Gasteiger partial charge in [-0.15, -0.1) is 0 Å². The zero-order chi connectivity index (χ0) is 6.62. The molecule has 0 saturated carbocycles. The van der Waals surface area contributed by atoms with Gasteiger partial charge >= 0.3 is 6.07 Å². The molecule has 0 aliphatic carbocycles. The molecule has 0 rings (SSSR count). The van der Waals surface area contributed by atoms with E-state index in [4.69, 9.17) is 27.9 Å². The molecule has 0 unspecified atom stereocenters. The molecule has 1 N–H and O–H groups in total. The summed E-state index contributed by atoms with van der Waals surface area (Å²) in [5.41, 5.74) is 0. The minimum Gasteiger partial charge on any atom is -0.311 e. The lowest BCUT2D eigenvalue weighted by atomic mass is 10.8. The van der Waals surface area contributed by atoms with Crippen molar-refractivity contribution in [2.75, 3.05) is 6.61 Å². The van der Waals surface area contributed by atoms with Gasteiger partial charge in [-0.1, -0.05) is 0 Å². The van der Waals surface area contributed by atoms with Crippen LogP contribution in [0.5, 0.6) is 0 Å². The Morgan fingerprint density at radius 1 is 1.75 bits per heavy atom. The summed E-state index contributed by atoms with van der Waals surface area (Å²) in [6.45, 7) is -0.107. The predicted molar refractivity (Wildman–Crippen MR) is 34.0 cm³/mol. The van der Waals surface area contributed by atoms with Crippen LogP contribution in [0, 0.1) is 5.41 Å². The first kappa shape index (κ1) is 8.44. The normalized spacial score (nSPS) is 11.2. The van der Waals surface area contributed by atoms with Crippen LogP contribution >= 0.6 is 28.6 Å². The molecule has 8 heavy (non-hydrogen) atoms. The minimum atomic E-state index is -3.39. The maximum atomic E-state index is 10.2. The SMILES string of the molecule is N=CCOP(=O)(Cl)Cl. The highest BCUT2D eigenvalue weighted by Gasteiger charge is 2.11. The fraction of sp³-hybridized carbons (Fsp3) is 0.500. The zero-order valence-electron chi connectivity index (χ0n) is 3.80. The third kappa shape index (κ3) is 6.44. The van der Waals surface area contributed by atoms with Crippen LogP contribution in [0.15, 0.2) is 0 Å². The highest BCUT2D eigenvalue weighted by molar-refractivity contribution is 8.05. The predicted octanol–water partition coefficient (Wildman–Crippen LogP) is 2.24. The van der Waals surface area contributed by atoms with E-state index >= 15 is 0 Å². The molecule has 0 heterocycles. The summed E-state index contributed by atoms with van der Waals surface area (Å²) in [5, 5.41) is 6.39. The lowest BCUT2D eigenvalue weighted by molar-refractivity contribution is 0.392. The first-order valence-electron chi connectivity index (χ1n) is 1.69. The average molecular weight is 176 g/mol. The number of halogens is 2. The highest BCUT2D eigenvalue weighted by Crippen LogP contribution is 2.57. The summed E-state index contributed by atoms with van der Waals surface area (Å²) < 4.78 is 14.4. The van der Waals surface area contributed by atoms with E-state index in [-0.39, 0.29) is 6.61 Å². The fourth-order valence-electron chi connectivity index (χ4n) is 0.124. The molecule has 6 heteroatoms. The lowest BCUT2D eigenvalue weighted by Crippen LogP contribution is -1.84. The molecule has 48 valence electrons. The third-order valence-electron chi connectivity index (χ3n) is 0.308. The lowest BCUT2D eigenvalue weighted by Gasteiger charge is -1.96. The van der Waals surface area contributed by atoms with Crippen molar-refractivity contribution in [1.29, 1.82) is 5.41 Å². The zero-order valence-corrected chi connectivity index (χ0v) is 6.21. The maximum Gasteiger partial charge on any atom is 0.380 e. The van der Waals surface area contributed by atoms with E-state index < -0.39 is 6.07 Å². The molecule has 0 aliphatic rings. The van der Waals surface area contributed by atoms with Crippen molar-refractivity contribution in [2.45, 2.75) is 0 Å². The number of nitrogens with one attached hydrogen (secondary N) is 1. The van der Waals surface area contributed by atoms with Crippen molar-refractivity contribution in [3.8, 4) is 0 Å². The molecule has 0 aromatic heterocycles. The van der Waals surface area contributed by atoms with Crippen molar-refractivity contribution in [3.05, 3.63) is 0 Å². The molecule has 0 fully saturated rings. The van der Waals surface area contributed by atoms with E-state index in [1.165, 1.54) is 0 Å². The van der Waals surface area contributed by atoms with Gasteiger partial charge in [0.1, 0.15) is 0 Å². The van der Waals surface area contributed by atoms with Gasteiger partial charge < -0.3 is 9.93 Å². The van der Waals surface area contributed by atoms with Crippen molar-refractivity contribution >= 4 is 34.8 Å². The summed E-state index contributed by atoms with van der Waals surface area (Å²) in [5.74, 6) is 0. The summed E-state index contributed by atoms with van der Waals surface area (Å²) >= 11 is 9.81. The molecule has 0 bridgehead atoms. The second-order valence-electron chi connectivity index (χ2n) is 0.914. The molecule has 0 amide bonds. The van der Waals surface area contributed by atoms with Crippen molar-refractivity contribution < 1.29 is 9.09 Å². The Balaban J connectivity index is 3.40. The molecule has 0 aliphatic heterocycles. The van der Waals surface area contributed by atoms with Crippen LogP contribution in [-0.2, 0) is 9.09 Å². The monoisotopic (exact) mass is 175 g/mol. The summed E-state index contributed by atoms with van der Waals surface area (Å²) in [6.07, 6.45) is -2.47. The topological polar surface area (TPSA) is 50.1 Å². The molecular formula is C2H4Cl2NO2P. The van der Waals surface area contributed by atoms with E-state index in [1.807, 2.05) is 0 Å². The van der Waals surface area contributed by atoms with Gasteiger partial charge in [0.25, 0.3) is 0 Å². The molecule has 0 atom stereocenters. The van der Waals surface area contributed by atoms with Crippen LogP contribution in [-0.4, -0.2) is 12.8 Å². The van der Waals surface area contributed by atoms with E-state index in [1.54, 1.807) is 0 Å². The second-order valence-corrected chi connectivity index (χ2v) is 5.19. The van der Waals surface area contributed by atoms with Crippen LogP contribution in [0.3, 0.4) is 0 Å². The van der Waals surface area contributed by atoms with E-state index in [0.29, 0.717) is 0 Å². The molecule has 3 nitrogen and oxygen atoms in total. The quantitative estimate of drug-likeness (QED) is 0.529. The standard InChI is InChI=1S/C2H4Cl2NO2P/c3-8(4,6)7-2-1-5/h1,5H,2H2. The average Bonchev–Trinajstić information content (AvgIpc) is 1.59. The third-order valence-corrected chi connectivity index (χ3v) is 1.34. The van der Waals surface area contributed by atoms with Crippen molar-refractivity contribution in [1.82, 2.24) is 0 Å². The summed E-state index contributed by atoms with van der Waals surface area (Å²) in [6, 6.07) is 0. The Hall–Kier alpha value is 0.440. The van der Waals surface area contributed by atoms with Gasteiger partial charge in [0.05, 0.1) is 6.61 Å². The van der Waals surface area contributed by atoms with Crippen molar-refractivity contribution in [2.24, 2.45) is 0 Å². The fourth-order valence-corrected chi connectivity index (χ4v) is 0.710. The molecule has 0 radical (unpaired) electrons. The van der Waals surface area contributed by atoms with Gasteiger partial charge in [0, 0.05) is 6.21 Å². The maximum absolute atomic E-state index is 10.2. The first-order valence-corrected chi connectivity index (χ1v) is 5.12. The largest absolute Gasteiger partial charge is 0.380 e. The Bertz CT molecular complexity index is 121. The van der Waals surface area contributed by atoms with Gasteiger partial charge in [-0.2, -0.15) is 0 Å². The van der Waals surface area contributed by atoms with Gasteiger partial charge in [0.15, 0.2) is 0 Å². The Morgan fingerprint density at radius 2 is 2.25 bits per heavy atom. The van der Waals surface area contributed by atoms with Gasteiger partial charge in [-0.3, -0.25) is 4.57 Å². The smallest absolute Gasteiger partial charge is 0.311 e. The summed E-state index contributed by atoms with van der Waals surface area (Å²) in [7, 11) is 0. The second kappa shape index (κ2) is 3.46. The van der Waals surface area contributed by atoms with Crippen LogP contribution in [0.25, 0.3) is 0 Å². The van der Waals surface area contributed by atoms with Crippen LogP contribution in [0.2, 0.25) is 0 Å². The molecular weight excluding hydrogens is 172 g/mol. The van der Waals surface area contributed by atoms with E-state index in [2.05, 4.69) is 4.52 Å². The van der Waals surface area contributed by atoms with Crippen LogP contribution in [0.4, 0.5) is 0 Å². The molecule has 0 saturated heterocycles. The van der Waals surface area contributed by atoms with Gasteiger partial charge in [-0.25, -0.2) is 0 Å². The van der Waals surface area contributed by atoms with E-state index in [9.17, 15) is 4.57 Å². The number of hydrogen-bond acceptors (Lipinski definition) is 3. The highest BCUT2D eigenvalue weighted by atomic mass is 35.9. The molecule has 0 aromatic rings. The Labute approximate surface area is 56.5 Å². The van der Waals surface area contributed by atoms with E-state index in [0.717, 1.165) is 6.21 Å². The number of hydrogen-bond donors (Lipinski definition) is 1. The molecule has 0 aromatic carbocycles. The number of rotatable bonds is 3.